The maximum atomic E-state index is 11.4. The van der Waals surface area contributed by atoms with E-state index in [0.717, 1.165) is 12.1 Å². The van der Waals surface area contributed by atoms with E-state index in [2.05, 4.69) is 26.1 Å². The van der Waals surface area contributed by atoms with Gasteiger partial charge in [-0.3, -0.25) is 0 Å². The van der Waals surface area contributed by atoms with E-state index in [1.807, 2.05) is 6.07 Å². The summed E-state index contributed by atoms with van der Waals surface area (Å²) < 4.78 is 22.9. The van der Waals surface area contributed by atoms with Crippen LogP contribution in [0, 0.1) is 12.8 Å². The van der Waals surface area contributed by atoms with Gasteiger partial charge in [-0.25, -0.2) is 13.6 Å². The summed E-state index contributed by atoms with van der Waals surface area (Å²) in [6.45, 7) is 8.12. The first kappa shape index (κ1) is 15.0. The average molecular weight is 270 g/mol. The van der Waals surface area contributed by atoms with Crippen molar-refractivity contribution >= 4 is 15.7 Å². The highest BCUT2D eigenvalue weighted by atomic mass is 32.2. The number of nitrogens with two attached hydrogens (primary N) is 1. The maximum Gasteiger partial charge on any atom is 0.238 e. The van der Waals surface area contributed by atoms with Crippen molar-refractivity contribution in [3.05, 3.63) is 23.8 Å². The minimum absolute atomic E-state index is 0.184. The Labute approximate surface area is 110 Å². The van der Waals surface area contributed by atoms with Crippen LogP contribution in [-0.2, 0) is 10.0 Å². The predicted molar refractivity (Wildman–Crippen MR) is 75.1 cm³/mol. The Bertz CT molecular complexity index is 512. The molecule has 0 saturated carbocycles. The van der Waals surface area contributed by atoms with E-state index in [1.165, 1.54) is 0 Å². The summed E-state index contributed by atoms with van der Waals surface area (Å²) in [5.41, 5.74) is 1.46. The molecule has 0 radical (unpaired) electrons. The monoisotopic (exact) mass is 270 g/mol. The molecule has 0 aromatic heterocycles. The zero-order chi connectivity index (χ0) is 13.9. The third-order valence-corrected chi connectivity index (χ3v) is 4.44. The molecule has 0 fully saturated rings. The molecule has 0 saturated heterocycles. The highest BCUT2D eigenvalue weighted by molar-refractivity contribution is 7.89. The van der Waals surface area contributed by atoms with Crippen molar-refractivity contribution in [1.82, 2.24) is 0 Å². The van der Waals surface area contributed by atoms with Gasteiger partial charge in [-0.2, -0.15) is 0 Å². The Morgan fingerprint density at radius 3 is 2.44 bits per heavy atom. The molecular weight excluding hydrogens is 248 g/mol. The molecule has 2 unspecified atom stereocenters. The van der Waals surface area contributed by atoms with Gasteiger partial charge in [0.05, 0.1) is 4.90 Å². The van der Waals surface area contributed by atoms with Gasteiger partial charge in [-0.1, -0.05) is 26.3 Å². The summed E-state index contributed by atoms with van der Waals surface area (Å²) in [4.78, 5) is 0.184. The van der Waals surface area contributed by atoms with E-state index in [-0.39, 0.29) is 10.9 Å². The van der Waals surface area contributed by atoms with Crippen LogP contribution >= 0.6 is 0 Å². The van der Waals surface area contributed by atoms with Crippen LogP contribution < -0.4 is 10.5 Å². The number of anilines is 1. The van der Waals surface area contributed by atoms with Crippen LogP contribution in [0.1, 0.15) is 32.8 Å². The Hall–Kier alpha value is -1.07. The molecule has 5 heteroatoms. The first-order valence-corrected chi connectivity index (χ1v) is 7.70. The average Bonchev–Trinajstić information content (AvgIpc) is 2.29. The zero-order valence-corrected chi connectivity index (χ0v) is 12.2. The third kappa shape index (κ3) is 3.71. The molecule has 3 N–H and O–H groups in total. The lowest BCUT2D eigenvalue weighted by Gasteiger charge is -2.21. The quantitative estimate of drug-likeness (QED) is 0.863. The molecule has 0 aliphatic carbocycles. The largest absolute Gasteiger partial charge is 0.382 e. The standard InChI is InChI=1S/C13H22N2O2S/c1-5-9(2)11(4)15-12-7-6-10(3)13(8-12)18(14,16)17/h6-9,11,15H,5H2,1-4H3,(H2,14,16,17). The van der Waals surface area contributed by atoms with E-state index >= 15 is 0 Å². The van der Waals surface area contributed by atoms with Crippen LogP contribution in [0.4, 0.5) is 5.69 Å². The van der Waals surface area contributed by atoms with Crippen LogP contribution in [0.2, 0.25) is 0 Å². The molecule has 1 aromatic carbocycles. The molecular formula is C13H22N2O2S. The van der Waals surface area contributed by atoms with Crippen molar-refractivity contribution in [3.8, 4) is 0 Å². The van der Waals surface area contributed by atoms with Crippen LogP contribution in [-0.4, -0.2) is 14.5 Å². The lowest BCUT2D eigenvalue weighted by molar-refractivity contribution is 0.494. The second kappa shape index (κ2) is 5.71. The normalized spacial score (nSPS) is 15.2. The van der Waals surface area contributed by atoms with Gasteiger partial charge in [0, 0.05) is 11.7 Å². The summed E-state index contributed by atoms with van der Waals surface area (Å²) in [7, 11) is -3.66. The van der Waals surface area contributed by atoms with Crippen molar-refractivity contribution in [2.45, 2.75) is 45.1 Å². The van der Waals surface area contributed by atoms with Crippen LogP contribution in [0.25, 0.3) is 0 Å². The summed E-state index contributed by atoms with van der Waals surface area (Å²) in [5.74, 6) is 0.518. The van der Waals surface area contributed by atoms with Gasteiger partial charge < -0.3 is 5.32 Å². The van der Waals surface area contributed by atoms with Gasteiger partial charge in [-0.05, 0) is 37.5 Å². The van der Waals surface area contributed by atoms with Gasteiger partial charge in [0.2, 0.25) is 10.0 Å². The summed E-state index contributed by atoms with van der Waals surface area (Å²) >= 11 is 0. The molecule has 0 aliphatic heterocycles. The minimum Gasteiger partial charge on any atom is -0.382 e. The molecule has 0 heterocycles. The molecule has 0 aliphatic rings. The van der Waals surface area contributed by atoms with Gasteiger partial charge >= 0.3 is 0 Å². The van der Waals surface area contributed by atoms with Gasteiger partial charge in [0.25, 0.3) is 0 Å². The molecule has 18 heavy (non-hydrogen) atoms. The number of benzene rings is 1. The summed E-state index contributed by atoms with van der Waals surface area (Å²) in [6.07, 6.45) is 1.07. The predicted octanol–water partition coefficient (Wildman–Crippen LogP) is 2.49. The fraction of sp³-hybridized carbons (Fsp3) is 0.538. The van der Waals surface area contributed by atoms with E-state index in [1.54, 1.807) is 19.1 Å². The van der Waals surface area contributed by atoms with E-state index in [0.29, 0.717) is 11.5 Å². The van der Waals surface area contributed by atoms with Crippen LogP contribution in [0.15, 0.2) is 23.1 Å². The maximum absolute atomic E-state index is 11.4. The smallest absolute Gasteiger partial charge is 0.238 e. The minimum atomic E-state index is -3.66. The third-order valence-electron chi connectivity index (χ3n) is 3.39. The van der Waals surface area contributed by atoms with Gasteiger partial charge in [0.15, 0.2) is 0 Å². The van der Waals surface area contributed by atoms with Gasteiger partial charge in [0.1, 0.15) is 0 Å². The molecule has 0 amide bonds. The number of sulfonamides is 1. The topological polar surface area (TPSA) is 72.2 Å². The highest BCUT2D eigenvalue weighted by Crippen LogP contribution is 2.21. The van der Waals surface area contributed by atoms with Crippen molar-refractivity contribution in [3.63, 3.8) is 0 Å². The SMILES string of the molecule is CCC(C)C(C)Nc1ccc(C)c(S(N)(=O)=O)c1. The molecule has 2 atom stereocenters. The molecule has 102 valence electrons. The summed E-state index contributed by atoms with van der Waals surface area (Å²) in [6, 6.07) is 5.53. The summed E-state index contributed by atoms with van der Waals surface area (Å²) in [5, 5.41) is 8.50. The number of hydrogen-bond donors (Lipinski definition) is 2. The number of hydrogen-bond acceptors (Lipinski definition) is 3. The second-order valence-corrected chi connectivity index (χ2v) is 6.37. The van der Waals surface area contributed by atoms with E-state index in [4.69, 9.17) is 5.14 Å². The second-order valence-electron chi connectivity index (χ2n) is 4.84. The molecule has 1 rings (SSSR count). The number of aryl methyl sites for hydroxylation is 1. The Morgan fingerprint density at radius 1 is 1.33 bits per heavy atom. The van der Waals surface area contributed by atoms with Crippen molar-refractivity contribution in [2.24, 2.45) is 11.1 Å². The van der Waals surface area contributed by atoms with Crippen molar-refractivity contribution in [2.75, 3.05) is 5.32 Å². The fourth-order valence-electron chi connectivity index (χ4n) is 1.76. The van der Waals surface area contributed by atoms with Crippen molar-refractivity contribution < 1.29 is 8.42 Å². The molecule has 1 aromatic rings. The Kier molecular flexibility index (Phi) is 4.76. The molecule has 0 spiro atoms. The van der Waals surface area contributed by atoms with E-state index < -0.39 is 10.0 Å². The highest BCUT2D eigenvalue weighted by Gasteiger charge is 2.14. The van der Waals surface area contributed by atoms with E-state index in [9.17, 15) is 8.42 Å². The lowest BCUT2D eigenvalue weighted by atomic mass is 10.0. The number of primary sulfonamides is 1. The Balaban J connectivity index is 3.00. The first-order chi connectivity index (χ1) is 8.25. The number of rotatable bonds is 5. The number of nitrogens with one attached hydrogen (secondary N) is 1. The van der Waals surface area contributed by atoms with Crippen molar-refractivity contribution in [1.29, 1.82) is 0 Å². The molecule has 4 nitrogen and oxygen atoms in total. The lowest BCUT2D eigenvalue weighted by Crippen LogP contribution is -2.23. The Morgan fingerprint density at radius 2 is 1.94 bits per heavy atom. The van der Waals surface area contributed by atoms with Crippen LogP contribution in [0.3, 0.4) is 0 Å². The zero-order valence-electron chi connectivity index (χ0n) is 11.4. The fourth-order valence-corrected chi connectivity index (χ4v) is 2.56. The van der Waals surface area contributed by atoms with Gasteiger partial charge in [-0.15, -0.1) is 0 Å². The molecule has 0 bridgehead atoms. The van der Waals surface area contributed by atoms with Crippen LogP contribution in [0.5, 0.6) is 0 Å². The first-order valence-electron chi connectivity index (χ1n) is 6.15.